The normalized spacial score (nSPS) is 18.6. The van der Waals surface area contributed by atoms with Gasteiger partial charge in [-0.05, 0) is 51.1 Å². The predicted octanol–water partition coefficient (Wildman–Crippen LogP) is 8.75. The van der Waals surface area contributed by atoms with E-state index in [1.54, 1.807) is 0 Å². The molecule has 1 aliphatic heterocycles. The first-order chi connectivity index (χ1) is 25.0. The van der Waals surface area contributed by atoms with Gasteiger partial charge in [-0.2, -0.15) is 0 Å². The first-order valence-corrected chi connectivity index (χ1v) is 17.5. The quantitative estimate of drug-likeness (QED) is 0.114. The molecule has 4 atom stereocenters. The average Bonchev–Trinajstić information content (AvgIpc) is 3.18. The summed E-state index contributed by atoms with van der Waals surface area (Å²) >= 11 is 0. The fraction of sp³-hybridized carbons (Fsp3) is 0.250. The first kappa shape index (κ1) is 35.8. The molecule has 0 bridgehead atoms. The zero-order valence-electron chi connectivity index (χ0n) is 29.1. The van der Waals surface area contributed by atoms with E-state index in [0.717, 1.165) is 46.5 Å². The van der Waals surface area contributed by atoms with E-state index in [2.05, 4.69) is 127 Å². The topological polar surface area (TPSA) is 80.3 Å². The van der Waals surface area contributed by atoms with Gasteiger partial charge in [0, 0.05) is 37.7 Å². The van der Waals surface area contributed by atoms with Gasteiger partial charge in [-0.3, -0.25) is 4.90 Å². The Morgan fingerprint density at radius 1 is 0.765 bits per heavy atom. The summed E-state index contributed by atoms with van der Waals surface area (Å²) in [5, 5.41) is 12.5. The van der Waals surface area contributed by atoms with E-state index in [9.17, 15) is 9.90 Å². The van der Waals surface area contributed by atoms with E-state index in [1.807, 2.05) is 30.3 Å². The van der Waals surface area contributed by atoms with E-state index >= 15 is 0 Å². The Bertz CT molecular complexity index is 1810. The lowest BCUT2D eigenvalue weighted by Crippen LogP contribution is -2.44. The number of carbonyl (C=O) groups excluding carboxylic acids is 1. The van der Waals surface area contributed by atoms with Crippen molar-refractivity contribution in [1.82, 2.24) is 10.2 Å². The number of aliphatic hydroxyl groups is 1. The Hall–Kier alpha value is -5.05. The van der Waals surface area contributed by atoms with Crippen LogP contribution in [0.1, 0.15) is 52.7 Å². The van der Waals surface area contributed by atoms with Crippen molar-refractivity contribution < 1.29 is 24.1 Å². The van der Waals surface area contributed by atoms with Gasteiger partial charge in [0.15, 0.2) is 6.29 Å². The first-order valence-electron chi connectivity index (χ1n) is 17.5. The molecule has 6 rings (SSSR count). The van der Waals surface area contributed by atoms with Gasteiger partial charge in [0.1, 0.15) is 6.61 Å². The molecule has 0 radical (unpaired) electrons. The summed E-state index contributed by atoms with van der Waals surface area (Å²) in [7, 11) is 0. The number of ether oxygens (including phenoxy) is 3. The van der Waals surface area contributed by atoms with E-state index in [0.29, 0.717) is 13.1 Å². The molecular weight excluding hydrogens is 636 g/mol. The number of carbonyl (C=O) groups is 1. The Morgan fingerprint density at radius 2 is 1.39 bits per heavy atom. The second-order valence-electron chi connectivity index (χ2n) is 13.0. The monoisotopic (exact) mass is 682 g/mol. The van der Waals surface area contributed by atoms with Gasteiger partial charge in [0.25, 0.3) is 0 Å². The standard InChI is InChI=1S/C44H46N2O5/c1-3-24-49-44(48)45-27-36-16-10-17-38(25-36)39-18-11-19-40(26-39)43-50-41(32(2)42(51-43)37-22-20-35(31-47)21-23-37)30-46(28-33-12-6-4-7-13-33)29-34-14-8-5-9-15-34/h3-23,25-26,32,41-43,47H,1,24,27-31H2,2H3,(H,45,48). The number of benzene rings is 5. The van der Waals surface area contributed by atoms with E-state index < -0.39 is 12.4 Å². The number of hydrogen-bond donors (Lipinski definition) is 2. The van der Waals surface area contributed by atoms with Crippen LogP contribution in [0, 0.1) is 5.92 Å². The third kappa shape index (κ3) is 9.81. The zero-order valence-corrected chi connectivity index (χ0v) is 29.1. The molecule has 262 valence electrons. The summed E-state index contributed by atoms with van der Waals surface area (Å²) in [6, 6.07) is 45.5. The third-order valence-electron chi connectivity index (χ3n) is 9.25. The maximum absolute atomic E-state index is 12.0. The van der Waals surface area contributed by atoms with Crippen LogP contribution in [0.25, 0.3) is 11.1 Å². The van der Waals surface area contributed by atoms with Crippen molar-refractivity contribution in [3.8, 4) is 11.1 Å². The lowest BCUT2D eigenvalue weighted by Gasteiger charge is -2.43. The van der Waals surface area contributed by atoms with Crippen molar-refractivity contribution in [3.05, 3.63) is 179 Å². The maximum atomic E-state index is 12.0. The van der Waals surface area contributed by atoms with Gasteiger partial charge >= 0.3 is 6.09 Å². The number of hydrogen-bond acceptors (Lipinski definition) is 6. The number of amides is 1. The molecule has 1 aliphatic rings. The molecule has 0 saturated carbocycles. The number of nitrogens with one attached hydrogen (secondary N) is 1. The number of nitrogens with zero attached hydrogens (tertiary/aromatic N) is 1. The van der Waals surface area contributed by atoms with Crippen LogP contribution in [-0.4, -0.2) is 35.4 Å². The largest absolute Gasteiger partial charge is 0.445 e. The fourth-order valence-corrected chi connectivity index (χ4v) is 6.54. The zero-order chi connectivity index (χ0) is 35.4. The predicted molar refractivity (Wildman–Crippen MR) is 200 cm³/mol. The summed E-state index contributed by atoms with van der Waals surface area (Å²) in [5.74, 6) is 0.0424. The van der Waals surface area contributed by atoms with Crippen LogP contribution in [-0.2, 0) is 40.5 Å². The minimum Gasteiger partial charge on any atom is -0.445 e. The van der Waals surface area contributed by atoms with Crippen LogP contribution in [0.5, 0.6) is 0 Å². The average molecular weight is 683 g/mol. The highest BCUT2D eigenvalue weighted by Crippen LogP contribution is 2.42. The molecule has 0 spiro atoms. The minimum atomic E-state index is -0.603. The van der Waals surface area contributed by atoms with Crippen LogP contribution in [0.3, 0.4) is 0 Å². The van der Waals surface area contributed by atoms with Crippen LogP contribution in [0.2, 0.25) is 0 Å². The Morgan fingerprint density at radius 3 is 2.04 bits per heavy atom. The van der Waals surface area contributed by atoms with Crippen LogP contribution < -0.4 is 5.32 Å². The molecule has 2 N–H and O–H groups in total. The molecule has 1 heterocycles. The number of aliphatic hydroxyl groups excluding tert-OH is 1. The van der Waals surface area contributed by atoms with Crippen molar-refractivity contribution in [3.63, 3.8) is 0 Å². The Balaban J connectivity index is 1.27. The lowest BCUT2D eigenvalue weighted by atomic mass is 9.89. The maximum Gasteiger partial charge on any atom is 0.407 e. The molecular formula is C44H46N2O5. The highest BCUT2D eigenvalue weighted by molar-refractivity contribution is 5.68. The Kier molecular flexibility index (Phi) is 12.4. The second kappa shape index (κ2) is 17.7. The summed E-state index contributed by atoms with van der Waals surface area (Å²) in [4.78, 5) is 14.4. The molecule has 1 fully saturated rings. The van der Waals surface area contributed by atoms with Crippen molar-refractivity contribution in [1.29, 1.82) is 0 Å². The highest BCUT2D eigenvalue weighted by atomic mass is 16.7. The SMILES string of the molecule is C=CCOC(=O)NCc1cccc(-c2cccc(C3OC(CN(Cc4ccccc4)Cc4ccccc4)C(C)C(c4ccc(CO)cc4)O3)c2)c1. The highest BCUT2D eigenvalue weighted by Gasteiger charge is 2.39. The third-order valence-corrected chi connectivity index (χ3v) is 9.25. The van der Waals surface area contributed by atoms with E-state index in [-0.39, 0.29) is 31.3 Å². The molecule has 4 unspecified atom stereocenters. The molecule has 0 aromatic heterocycles. The second-order valence-corrected chi connectivity index (χ2v) is 13.0. The lowest BCUT2D eigenvalue weighted by molar-refractivity contribution is -0.276. The molecule has 0 aliphatic carbocycles. The van der Waals surface area contributed by atoms with Crippen LogP contribution in [0.15, 0.2) is 146 Å². The molecule has 5 aromatic rings. The summed E-state index contributed by atoms with van der Waals surface area (Å²) in [6.45, 7) is 8.57. The molecule has 1 amide bonds. The van der Waals surface area contributed by atoms with Gasteiger partial charge in [-0.1, -0.05) is 141 Å². The van der Waals surface area contributed by atoms with E-state index in [1.165, 1.54) is 17.2 Å². The Labute approximate surface area is 301 Å². The molecule has 7 nitrogen and oxygen atoms in total. The fourth-order valence-electron chi connectivity index (χ4n) is 6.54. The van der Waals surface area contributed by atoms with Crippen LogP contribution >= 0.6 is 0 Å². The van der Waals surface area contributed by atoms with Gasteiger partial charge in [0.05, 0.1) is 18.8 Å². The number of rotatable bonds is 14. The van der Waals surface area contributed by atoms with E-state index in [4.69, 9.17) is 14.2 Å². The van der Waals surface area contributed by atoms with Gasteiger partial charge < -0.3 is 24.6 Å². The van der Waals surface area contributed by atoms with Crippen molar-refractivity contribution in [2.75, 3.05) is 13.2 Å². The molecule has 51 heavy (non-hydrogen) atoms. The molecule has 5 aromatic carbocycles. The molecule has 1 saturated heterocycles. The van der Waals surface area contributed by atoms with Gasteiger partial charge in [-0.15, -0.1) is 0 Å². The summed E-state index contributed by atoms with van der Waals surface area (Å²) in [5.41, 5.74) is 8.33. The van der Waals surface area contributed by atoms with Crippen LogP contribution in [0.4, 0.5) is 4.79 Å². The van der Waals surface area contributed by atoms with Crippen molar-refractivity contribution in [2.45, 2.75) is 51.7 Å². The van der Waals surface area contributed by atoms with Gasteiger partial charge in [-0.25, -0.2) is 4.79 Å². The van der Waals surface area contributed by atoms with Gasteiger partial charge in [0.2, 0.25) is 0 Å². The van der Waals surface area contributed by atoms with Crippen molar-refractivity contribution in [2.24, 2.45) is 5.92 Å². The smallest absolute Gasteiger partial charge is 0.407 e. The number of alkyl carbamates (subject to hydrolysis) is 1. The minimum absolute atomic E-state index is 0.00684. The summed E-state index contributed by atoms with van der Waals surface area (Å²) < 4.78 is 18.8. The summed E-state index contributed by atoms with van der Waals surface area (Å²) in [6.07, 6.45) is 0.0854. The molecule has 7 heteroatoms. The van der Waals surface area contributed by atoms with Crippen molar-refractivity contribution >= 4 is 6.09 Å².